The van der Waals surface area contributed by atoms with Gasteiger partial charge in [-0.1, -0.05) is 48.5 Å². The number of carbonyl (C=O) groups excluding carboxylic acids is 1. The maximum Gasteiger partial charge on any atom is 0.508 e. The molecule has 0 saturated carbocycles. The summed E-state index contributed by atoms with van der Waals surface area (Å²) >= 11 is 0. The molecule has 2 aromatic heterocycles. The summed E-state index contributed by atoms with van der Waals surface area (Å²) in [5.41, 5.74) is 4.00. The zero-order chi connectivity index (χ0) is 20.6. The number of carbonyl (C=O) groups is 1. The Labute approximate surface area is 174 Å². The molecule has 7 heteroatoms. The standard InChI is InChI=1S/C23H22N4O3/c28-23(29-15-21-7-3-1-5-19(21)13-26-11-9-24-17-26)30-16-22-8-4-2-6-20(22)14-27-12-10-25-18-27/h1-12,17-18H,13-16H2. The van der Waals surface area contributed by atoms with Gasteiger partial charge in [0.05, 0.1) is 12.7 Å². The minimum absolute atomic E-state index is 0.153. The number of hydrogen-bond donors (Lipinski definition) is 0. The van der Waals surface area contributed by atoms with E-state index >= 15 is 0 Å². The second-order valence-electron chi connectivity index (χ2n) is 6.83. The van der Waals surface area contributed by atoms with Crippen molar-refractivity contribution in [3.05, 3.63) is 108 Å². The van der Waals surface area contributed by atoms with Gasteiger partial charge >= 0.3 is 6.16 Å². The van der Waals surface area contributed by atoms with Gasteiger partial charge in [-0.2, -0.15) is 0 Å². The minimum Gasteiger partial charge on any atom is -0.429 e. The van der Waals surface area contributed by atoms with Crippen LogP contribution in [0.15, 0.2) is 86.0 Å². The predicted molar refractivity (Wildman–Crippen MR) is 111 cm³/mol. The molecule has 0 spiro atoms. The van der Waals surface area contributed by atoms with Gasteiger partial charge in [-0.05, 0) is 22.3 Å². The lowest BCUT2D eigenvalue weighted by atomic mass is 10.1. The zero-order valence-corrected chi connectivity index (χ0v) is 16.4. The molecule has 0 N–H and O–H groups in total. The molecule has 0 fully saturated rings. The quantitative estimate of drug-likeness (QED) is 0.416. The molecule has 152 valence electrons. The molecule has 0 aliphatic heterocycles. The predicted octanol–water partition coefficient (Wildman–Crippen LogP) is 4.03. The summed E-state index contributed by atoms with van der Waals surface area (Å²) in [5, 5.41) is 0. The highest BCUT2D eigenvalue weighted by atomic mass is 16.7. The summed E-state index contributed by atoms with van der Waals surface area (Å²) in [6.45, 7) is 1.63. The lowest BCUT2D eigenvalue weighted by Gasteiger charge is -2.12. The Bertz CT molecular complexity index is 990. The highest BCUT2D eigenvalue weighted by Gasteiger charge is 2.10. The van der Waals surface area contributed by atoms with Gasteiger partial charge in [-0.3, -0.25) is 0 Å². The van der Waals surface area contributed by atoms with E-state index in [1.165, 1.54) is 0 Å². The number of nitrogens with zero attached hydrogens (tertiary/aromatic N) is 4. The van der Waals surface area contributed by atoms with Crippen LogP contribution < -0.4 is 0 Å². The molecule has 30 heavy (non-hydrogen) atoms. The van der Waals surface area contributed by atoms with Crippen LogP contribution in [0.3, 0.4) is 0 Å². The molecule has 0 atom stereocenters. The molecule has 0 saturated heterocycles. The second kappa shape index (κ2) is 9.56. The summed E-state index contributed by atoms with van der Waals surface area (Å²) in [6.07, 6.45) is 10.1. The number of aromatic nitrogens is 4. The van der Waals surface area contributed by atoms with Crippen LogP contribution in [0.1, 0.15) is 22.3 Å². The fourth-order valence-corrected chi connectivity index (χ4v) is 3.17. The van der Waals surface area contributed by atoms with Crippen LogP contribution in [-0.2, 0) is 35.8 Å². The first-order chi connectivity index (χ1) is 14.8. The highest BCUT2D eigenvalue weighted by molar-refractivity contribution is 5.60. The topological polar surface area (TPSA) is 71.2 Å². The average molecular weight is 402 g/mol. The third-order valence-electron chi connectivity index (χ3n) is 4.75. The van der Waals surface area contributed by atoms with E-state index in [0.717, 1.165) is 22.3 Å². The molecular formula is C23H22N4O3. The summed E-state index contributed by atoms with van der Waals surface area (Å²) in [4.78, 5) is 20.3. The maximum absolute atomic E-state index is 12.2. The van der Waals surface area contributed by atoms with E-state index in [1.54, 1.807) is 25.0 Å². The van der Waals surface area contributed by atoms with Crippen LogP contribution in [0.2, 0.25) is 0 Å². The van der Waals surface area contributed by atoms with Gasteiger partial charge in [-0.25, -0.2) is 14.8 Å². The fourth-order valence-electron chi connectivity index (χ4n) is 3.17. The van der Waals surface area contributed by atoms with Gasteiger partial charge in [0.15, 0.2) is 0 Å². The van der Waals surface area contributed by atoms with E-state index in [1.807, 2.05) is 70.1 Å². The van der Waals surface area contributed by atoms with Crippen molar-refractivity contribution in [2.45, 2.75) is 26.3 Å². The molecule has 0 radical (unpaired) electrons. The molecule has 0 amide bonds. The van der Waals surface area contributed by atoms with Gasteiger partial charge < -0.3 is 18.6 Å². The molecular weight excluding hydrogens is 380 g/mol. The van der Waals surface area contributed by atoms with Crippen molar-refractivity contribution in [3.63, 3.8) is 0 Å². The monoisotopic (exact) mass is 402 g/mol. The van der Waals surface area contributed by atoms with E-state index in [2.05, 4.69) is 9.97 Å². The lowest BCUT2D eigenvalue weighted by Crippen LogP contribution is -2.10. The molecule has 0 unspecified atom stereocenters. The second-order valence-corrected chi connectivity index (χ2v) is 6.83. The molecule has 7 nitrogen and oxygen atoms in total. The van der Waals surface area contributed by atoms with Crippen molar-refractivity contribution < 1.29 is 14.3 Å². The zero-order valence-electron chi connectivity index (χ0n) is 16.4. The summed E-state index contributed by atoms with van der Waals surface area (Å²) in [7, 11) is 0. The maximum atomic E-state index is 12.2. The first-order valence-corrected chi connectivity index (χ1v) is 9.62. The summed E-state index contributed by atoms with van der Waals surface area (Å²) in [6, 6.07) is 15.7. The van der Waals surface area contributed by atoms with Gasteiger partial charge in [0.25, 0.3) is 0 Å². The molecule has 0 aliphatic rings. The number of benzene rings is 2. The van der Waals surface area contributed by atoms with E-state index in [0.29, 0.717) is 13.1 Å². The third-order valence-corrected chi connectivity index (χ3v) is 4.75. The van der Waals surface area contributed by atoms with E-state index < -0.39 is 6.16 Å². The van der Waals surface area contributed by atoms with E-state index in [-0.39, 0.29) is 13.2 Å². The first kappa shape index (κ1) is 19.4. The molecule has 4 rings (SSSR count). The van der Waals surface area contributed by atoms with Crippen LogP contribution in [0.25, 0.3) is 0 Å². The van der Waals surface area contributed by atoms with Gasteiger partial charge in [0.2, 0.25) is 0 Å². The highest BCUT2D eigenvalue weighted by Crippen LogP contribution is 2.15. The fraction of sp³-hybridized carbons (Fsp3) is 0.174. The van der Waals surface area contributed by atoms with Gasteiger partial charge in [0, 0.05) is 37.9 Å². The molecule has 2 aromatic carbocycles. The molecule has 0 bridgehead atoms. The third kappa shape index (κ3) is 5.14. The number of rotatable bonds is 8. The normalized spacial score (nSPS) is 10.7. The lowest BCUT2D eigenvalue weighted by molar-refractivity contribution is 0.0443. The van der Waals surface area contributed by atoms with Crippen LogP contribution >= 0.6 is 0 Å². The first-order valence-electron chi connectivity index (χ1n) is 9.62. The smallest absolute Gasteiger partial charge is 0.429 e. The van der Waals surface area contributed by atoms with E-state index in [9.17, 15) is 4.79 Å². The Hall–Kier alpha value is -3.87. The largest absolute Gasteiger partial charge is 0.508 e. The van der Waals surface area contributed by atoms with Gasteiger partial charge in [-0.15, -0.1) is 0 Å². The van der Waals surface area contributed by atoms with E-state index in [4.69, 9.17) is 9.47 Å². The minimum atomic E-state index is -0.690. The number of imidazole rings is 2. The Kier molecular flexibility index (Phi) is 6.19. The van der Waals surface area contributed by atoms with Crippen LogP contribution in [0.4, 0.5) is 4.79 Å². The van der Waals surface area contributed by atoms with Gasteiger partial charge in [0.1, 0.15) is 13.2 Å². The Morgan fingerprint density at radius 1 is 0.700 bits per heavy atom. The van der Waals surface area contributed by atoms with Crippen molar-refractivity contribution in [2.24, 2.45) is 0 Å². The van der Waals surface area contributed by atoms with Crippen LogP contribution in [0, 0.1) is 0 Å². The SMILES string of the molecule is O=C(OCc1ccccc1Cn1ccnc1)OCc1ccccc1Cn1ccnc1. The Balaban J connectivity index is 1.32. The van der Waals surface area contributed by atoms with Crippen molar-refractivity contribution in [1.82, 2.24) is 19.1 Å². The average Bonchev–Trinajstić information content (AvgIpc) is 3.47. The summed E-state index contributed by atoms with van der Waals surface area (Å²) in [5.74, 6) is 0. The Morgan fingerprint density at radius 2 is 1.13 bits per heavy atom. The summed E-state index contributed by atoms with van der Waals surface area (Å²) < 4.78 is 14.6. The number of ether oxygens (including phenoxy) is 2. The van der Waals surface area contributed by atoms with Crippen molar-refractivity contribution in [3.8, 4) is 0 Å². The van der Waals surface area contributed by atoms with Crippen LogP contribution in [0.5, 0.6) is 0 Å². The van der Waals surface area contributed by atoms with Crippen LogP contribution in [-0.4, -0.2) is 25.3 Å². The molecule has 4 aromatic rings. The van der Waals surface area contributed by atoms with Crippen molar-refractivity contribution in [2.75, 3.05) is 0 Å². The van der Waals surface area contributed by atoms with Crippen molar-refractivity contribution in [1.29, 1.82) is 0 Å². The molecule has 0 aliphatic carbocycles. The molecule has 2 heterocycles. The van der Waals surface area contributed by atoms with Crippen molar-refractivity contribution >= 4 is 6.16 Å². The Morgan fingerprint density at radius 3 is 1.53 bits per heavy atom. The number of hydrogen-bond acceptors (Lipinski definition) is 5.